The molecule has 4 unspecified atom stereocenters. The van der Waals surface area contributed by atoms with Crippen LogP contribution in [0.2, 0.25) is 0 Å². The lowest BCUT2D eigenvalue weighted by Crippen LogP contribution is -2.49. The zero-order chi connectivity index (χ0) is 18.2. The fourth-order valence-electron chi connectivity index (χ4n) is 5.91. The van der Waals surface area contributed by atoms with Crippen molar-refractivity contribution >= 4 is 5.97 Å². The predicted octanol–water partition coefficient (Wildman–Crippen LogP) is 5.41. The maximum Gasteiger partial charge on any atom is 0.336 e. The van der Waals surface area contributed by atoms with Gasteiger partial charge in [-0.25, -0.2) is 4.79 Å². The molecule has 0 aromatic carbocycles. The van der Waals surface area contributed by atoms with Crippen LogP contribution in [0.15, 0.2) is 23.8 Å². The summed E-state index contributed by atoms with van der Waals surface area (Å²) in [6, 6.07) is 0. The Morgan fingerprint density at radius 2 is 2.08 bits per heavy atom. The van der Waals surface area contributed by atoms with Gasteiger partial charge in [-0.3, -0.25) is 0 Å². The maximum absolute atomic E-state index is 12.1. The monoisotopic (exact) mass is 346 g/mol. The summed E-state index contributed by atoms with van der Waals surface area (Å²) in [5.41, 5.74) is 2.87. The average Bonchev–Trinajstić information content (AvgIpc) is 2.86. The number of carbonyl (C=O) groups is 1. The van der Waals surface area contributed by atoms with E-state index >= 15 is 0 Å². The first-order chi connectivity index (χ1) is 11.8. The van der Waals surface area contributed by atoms with Crippen molar-refractivity contribution in [2.45, 2.75) is 78.9 Å². The summed E-state index contributed by atoms with van der Waals surface area (Å²) in [6.07, 6.45) is 9.52. The molecule has 1 heterocycles. The van der Waals surface area contributed by atoms with E-state index in [4.69, 9.17) is 9.47 Å². The van der Waals surface area contributed by atoms with Crippen LogP contribution >= 0.6 is 0 Å². The zero-order valence-electron chi connectivity index (χ0n) is 16.4. The maximum atomic E-state index is 12.1. The molecule has 3 nitrogen and oxygen atoms in total. The Morgan fingerprint density at radius 3 is 2.80 bits per heavy atom. The molecule has 3 aliphatic rings. The summed E-state index contributed by atoms with van der Waals surface area (Å²) in [4.78, 5) is 12.1. The van der Waals surface area contributed by atoms with Gasteiger partial charge in [-0.2, -0.15) is 0 Å². The van der Waals surface area contributed by atoms with Gasteiger partial charge in [0.15, 0.2) is 0 Å². The van der Waals surface area contributed by atoms with Crippen LogP contribution in [0.3, 0.4) is 0 Å². The highest BCUT2D eigenvalue weighted by molar-refractivity contribution is 5.90. The topological polar surface area (TPSA) is 35.5 Å². The van der Waals surface area contributed by atoms with E-state index in [2.05, 4.69) is 33.4 Å². The number of fused-ring (bicyclic) bond motifs is 1. The Labute approximate surface area is 152 Å². The SMILES string of the molecule is C=C1CCC2C(C)(C)CCCC2(C)C1C/C=C1\CC(OCC)OC1=O. The molecule has 1 saturated heterocycles. The van der Waals surface area contributed by atoms with Gasteiger partial charge in [0.05, 0.1) is 0 Å². The number of carbonyl (C=O) groups excluding carboxylic acids is 1. The summed E-state index contributed by atoms with van der Waals surface area (Å²) in [5, 5.41) is 0. The minimum Gasteiger partial charge on any atom is -0.432 e. The molecule has 0 spiro atoms. The molecule has 0 bridgehead atoms. The smallest absolute Gasteiger partial charge is 0.336 e. The van der Waals surface area contributed by atoms with E-state index < -0.39 is 6.29 Å². The summed E-state index contributed by atoms with van der Waals surface area (Å²) >= 11 is 0. The van der Waals surface area contributed by atoms with Gasteiger partial charge in [0.2, 0.25) is 6.29 Å². The minimum absolute atomic E-state index is 0.203. The van der Waals surface area contributed by atoms with E-state index in [-0.39, 0.29) is 5.97 Å². The highest BCUT2D eigenvalue weighted by Gasteiger charge is 2.52. The first-order valence-corrected chi connectivity index (χ1v) is 9.97. The van der Waals surface area contributed by atoms with E-state index in [1.165, 1.54) is 31.3 Å². The lowest BCUT2D eigenvalue weighted by atomic mass is 9.47. The van der Waals surface area contributed by atoms with E-state index in [1.54, 1.807) is 0 Å². The largest absolute Gasteiger partial charge is 0.432 e. The van der Waals surface area contributed by atoms with Crippen molar-refractivity contribution < 1.29 is 14.3 Å². The van der Waals surface area contributed by atoms with Gasteiger partial charge in [0.1, 0.15) is 0 Å². The number of rotatable bonds is 4. The van der Waals surface area contributed by atoms with Gasteiger partial charge in [-0.1, -0.05) is 45.4 Å². The number of allylic oxidation sites excluding steroid dienone is 2. The Morgan fingerprint density at radius 1 is 1.32 bits per heavy atom. The second kappa shape index (κ2) is 6.90. The molecule has 2 saturated carbocycles. The Balaban J connectivity index is 1.77. The third-order valence-corrected chi connectivity index (χ3v) is 7.16. The molecule has 0 aromatic heterocycles. The zero-order valence-corrected chi connectivity index (χ0v) is 16.4. The van der Waals surface area contributed by atoms with Crippen LogP contribution in [0.1, 0.15) is 72.6 Å². The molecule has 140 valence electrons. The predicted molar refractivity (Wildman–Crippen MR) is 99.9 cm³/mol. The molecule has 4 atom stereocenters. The molecular formula is C22H34O3. The summed E-state index contributed by atoms with van der Waals surface area (Å²) in [6.45, 7) is 14.3. The fraction of sp³-hybridized carbons (Fsp3) is 0.773. The first kappa shape index (κ1) is 18.7. The van der Waals surface area contributed by atoms with Crippen molar-refractivity contribution in [2.24, 2.45) is 22.7 Å². The van der Waals surface area contributed by atoms with E-state index in [0.29, 0.717) is 29.8 Å². The molecule has 0 N–H and O–H groups in total. The van der Waals surface area contributed by atoms with Crippen LogP contribution in [0.5, 0.6) is 0 Å². The van der Waals surface area contributed by atoms with Crippen LogP contribution in [0, 0.1) is 22.7 Å². The highest BCUT2D eigenvalue weighted by atomic mass is 16.7. The quantitative estimate of drug-likeness (QED) is 0.388. The van der Waals surface area contributed by atoms with Gasteiger partial charge < -0.3 is 9.47 Å². The molecule has 2 aliphatic carbocycles. The average molecular weight is 347 g/mol. The van der Waals surface area contributed by atoms with Gasteiger partial charge in [-0.05, 0) is 61.7 Å². The van der Waals surface area contributed by atoms with Crippen molar-refractivity contribution in [3.8, 4) is 0 Å². The number of hydrogen-bond donors (Lipinski definition) is 0. The molecule has 3 rings (SSSR count). The lowest BCUT2D eigenvalue weighted by Gasteiger charge is -2.58. The van der Waals surface area contributed by atoms with Gasteiger partial charge in [0, 0.05) is 18.6 Å². The molecule has 0 amide bonds. The minimum atomic E-state index is -0.393. The van der Waals surface area contributed by atoms with Crippen LogP contribution in [0.4, 0.5) is 0 Å². The Bertz CT molecular complexity index is 574. The van der Waals surface area contributed by atoms with Crippen LogP contribution in [0.25, 0.3) is 0 Å². The standard InChI is InChI=1S/C22H34O3/c1-6-24-19-14-16(20(23)25-19)9-10-17-15(2)8-11-18-21(3,4)12-7-13-22(17,18)5/h9,17-19H,2,6-8,10-14H2,1,3-5H3/b16-9+. The third kappa shape index (κ3) is 3.45. The van der Waals surface area contributed by atoms with E-state index in [1.807, 2.05) is 6.92 Å². The van der Waals surface area contributed by atoms with Gasteiger partial charge in [0.25, 0.3) is 0 Å². The van der Waals surface area contributed by atoms with Crippen molar-refractivity contribution in [1.29, 1.82) is 0 Å². The molecule has 3 fully saturated rings. The number of hydrogen-bond acceptors (Lipinski definition) is 3. The normalized spacial score (nSPS) is 39.4. The van der Waals surface area contributed by atoms with Crippen molar-refractivity contribution in [3.05, 3.63) is 23.8 Å². The van der Waals surface area contributed by atoms with Gasteiger partial charge in [-0.15, -0.1) is 0 Å². The molecule has 3 heteroatoms. The van der Waals surface area contributed by atoms with Crippen LogP contribution < -0.4 is 0 Å². The molecular weight excluding hydrogens is 312 g/mol. The van der Waals surface area contributed by atoms with Crippen LogP contribution in [-0.4, -0.2) is 18.9 Å². The number of ether oxygens (including phenoxy) is 2. The summed E-state index contributed by atoms with van der Waals surface area (Å²) in [5.74, 6) is 1.01. The summed E-state index contributed by atoms with van der Waals surface area (Å²) < 4.78 is 10.7. The molecule has 25 heavy (non-hydrogen) atoms. The van der Waals surface area contributed by atoms with E-state index in [9.17, 15) is 4.79 Å². The van der Waals surface area contributed by atoms with Crippen molar-refractivity contribution in [2.75, 3.05) is 6.61 Å². The molecule has 0 radical (unpaired) electrons. The second-order valence-corrected chi connectivity index (χ2v) is 9.11. The third-order valence-electron chi connectivity index (χ3n) is 7.16. The van der Waals surface area contributed by atoms with Crippen LogP contribution in [-0.2, 0) is 14.3 Å². The Hall–Kier alpha value is -1.09. The fourth-order valence-corrected chi connectivity index (χ4v) is 5.91. The molecule has 0 aromatic rings. The van der Waals surface area contributed by atoms with Crippen molar-refractivity contribution in [1.82, 2.24) is 0 Å². The lowest BCUT2D eigenvalue weighted by molar-refractivity contribution is -0.160. The summed E-state index contributed by atoms with van der Waals surface area (Å²) in [7, 11) is 0. The molecule has 1 aliphatic heterocycles. The highest BCUT2D eigenvalue weighted by Crippen LogP contribution is 2.61. The van der Waals surface area contributed by atoms with Gasteiger partial charge >= 0.3 is 5.97 Å². The number of esters is 1. The Kier molecular flexibility index (Phi) is 5.16. The van der Waals surface area contributed by atoms with E-state index in [0.717, 1.165) is 24.3 Å². The second-order valence-electron chi connectivity index (χ2n) is 9.11. The first-order valence-electron chi connectivity index (χ1n) is 9.97. The number of cyclic esters (lactones) is 1. The van der Waals surface area contributed by atoms with Crippen molar-refractivity contribution in [3.63, 3.8) is 0 Å².